The molecule has 0 saturated heterocycles. The number of benzene rings is 2. The van der Waals surface area contributed by atoms with Gasteiger partial charge in [0.25, 0.3) is 0 Å². The zero-order valence-corrected chi connectivity index (χ0v) is 36.7. The minimum absolute atomic E-state index is 0.110. The van der Waals surface area contributed by atoms with E-state index in [4.69, 9.17) is 14.2 Å². The summed E-state index contributed by atoms with van der Waals surface area (Å²) >= 11 is 0. The predicted molar refractivity (Wildman–Crippen MR) is 225 cm³/mol. The van der Waals surface area contributed by atoms with Crippen molar-refractivity contribution in [1.29, 1.82) is 0 Å². The molecule has 1 aromatic heterocycles. The Morgan fingerprint density at radius 1 is 0.694 bits per heavy atom. The number of hydrogen-bond donors (Lipinski definition) is 5. The number of pyridine rings is 1. The van der Waals surface area contributed by atoms with Crippen LogP contribution in [0.2, 0.25) is 0 Å². The number of ether oxygens (including phenoxy) is 3. The largest absolute Gasteiger partial charge is 0.444 e. The lowest BCUT2D eigenvalue weighted by Gasteiger charge is -2.29. The minimum Gasteiger partial charge on any atom is -0.444 e. The zero-order chi connectivity index (χ0) is 46.6. The molecule has 2 aromatic carbocycles. The highest BCUT2D eigenvalue weighted by Gasteiger charge is 2.35. The number of hydrogen-bond acceptors (Lipinski definition) is 10. The second kappa shape index (κ2) is 21.1. The van der Waals surface area contributed by atoms with E-state index in [2.05, 4.69) is 31.6 Å². The number of alkyl halides is 3. The van der Waals surface area contributed by atoms with E-state index in [1.807, 2.05) is 0 Å². The number of alkyl carbamates (subject to hydrolysis) is 3. The maximum atomic E-state index is 14.3. The van der Waals surface area contributed by atoms with Gasteiger partial charge in [-0.15, -0.1) is 0 Å². The van der Waals surface area contributed by atoms with Crippen LogP contribution < -0.4 is 26.6 Å². The van der Waals surface area contributed by atoms with Gasteiger partial charge in [-0.25, -0.2) is 14.4 Å². The van der Waals surface area contributed by atoms with Crippen LogP contribution in [-0.2, 0) is 34.8 Å². The molecule has 3 rings (SSSR count). The fraction of sp³-hybridized carbons (Fsp3) is 0.512. The number of aromatic nitrogens is 1. The van der Waals surface area contributed by atoms with E-state index in [0.717, 1.165) is 12.1 Å². The van der Waals surface area contributed by atoms with E-state index in [9.17, 15) is 41.9 Å². The van der Waals surface area contributed by atoms with Crippen molar-refractivity contribution >= 4 is 52.6 Å². The predicted octanol–water partition coefficient (Wildman–Crippen LogP) is 6.64. The fourth-order valence-electron chi connectivity index (χ4n) is 5.75. The van der Waals surface area contributed by atoms with Crippen molar-refractivity contribution in [1.82, 2.24) is 31.2 Å². The lowest BCUT2D eigenvalue weighted by molar-refractivity contribution is -0.137. The van der Waals surface area contributed by atoms with E-state index >= 15 is 0 Å². The highest BCUT2D eigenvalue weighted by Crippen LogP contribution is 2.31. The van der Waals surface area contributed by atoms with Gasteiger partial charge >= 0.3 is 24.5 Å². The van der Waals surface area contributed by atoms with Gasteiger partial charge in [-0.3, -0.25) is 19.4 Å². The summed E-state index contributed by atoms with van der Waals surface area (Å²) in [4.78, 5) is 85.9. The Labute approximate surface area is 359 Å². The molecule has 1 heterocycles. The molecule has 16 nitrogen and oxygen atoms in total. The van der Waals surface area contributed by atoms with Crippen molar-refractivity contribution in [3.05, 3.63) is 71.9 Å². The van der Waals surface area contributed by atoms with E-state index in [-0.39, 0.29) is 31.7 Å². The van der Waals surface area contributed by atoms with Crippen molar-refractivity contribution in [3.63, 3.8) is 0 Å². The Hall–Kier alpha value is -6.14. The number of nitrogens with one attached hydrogen (secondary N) is 5. The number of halogens is 3. The molecule has 0 bridgehead atoms. The molecular weight excluding hydrogens is 816 g/mol. The number of nitrogens with zero attached hydrogens (tertiary/aromatic N) is 2. The van der Waals surface area contributed by atoms with Crippen LogP contribution in [0.25, 0.3) is 10.9 Å². The summed E-state index contributed by atoms with van der Waals surface area (Å²) in [5, 5.41) is 13.6. The van der Waals surface area contributed by atoms with Crippen molar-refractivity contribution < 1.29 is 56.1 Å². The van der Waals surface area contributed by atoms with Gasteiger partial charge in [-0.05, 0) is 104 Å². The molecule has 3 atom stereocenters. The van der Waals surface area contributed by atoms with Crippen LogP contribution in [0.5, 0.6) is 0 Å². The quantitative estimate of drug-likeness (QED) is 0.103. The molecule has 6 amide bonds. The van der Waals surface area contributed by atoms with E-state index in [1.165, 1.54) is 24.0 Å². The molecule has 0 aliphatic carbocycles. The number of rotatable bonds is 15. The maximum absolute atomic E-state index is 14.3. The van der Waals surface area contributed by atoms with Gasteiger partial charge in [0.05, 0.1) is 17.5 Å². The van der Waals surface area contributed by atoms with Crippen LogP contribution in [0.3, 0.4) is 0 Å². The average Bonchev–Trinajstić information content (AvgIpc) is 3.13. The topological polar surface area (TPSA) is 206 Å². The van der Waals surface area contributed by atoms with Crippen LogP contribution in [0.15, 0.2) is 60.8 Å². The molecule has 0 saturated carbocycles. The Balaban J connectivity index is 1.97. The normalized spacial score (nSPS) is 13.4. The maximum Gasteiger partial charge on any atom is 0.416 e. The Morgan fingerprint density at radius 2 is 1.23 bits per heavy atom. The number of carbonyl (C=O) groups is 6. The standard InChI is InChI=1S/C43H58F3N7O9/c1-26(27-13-15-29(16-14-27)43(44,45)46)34(36(56)50-30-17-18-31-28(24-30)12-11-19-47-31)52-35(55)32(51-39(59)62-42(8,9)10)25-33(54)53(22-20-48-37(57)60-40(2,3)4)23-21-49-38(58)61-41(5,6)7/h11-19,24,26,32,34H,20-23,25H2,1-10H3,(H,48,57)(H,49,58)(H,50,56)(H,51,59)(H,52,55). The molecule has 0 aliphatic rings. The van der Waals surface area contributed by atoms with Gasteiger partial charge < -0.3 is 45.7 Å². The third-order valence-corrected chi connectivity index (χ3v) is 8.55. The third kappa shape index (κ3) is 17.5. The molecule has 0 aliphatic heterocycles. The van der Waals surface area contributed by atoms with Crippen molar-refractivity contribution in [2.45, 2.75) is 117 Å². The summed E-state index contributed by atoms with van der Waals surface area (Å²) in [6.45, 7) is 15.8. The Morgan fingerprint density at radius 3 is 1.74 bits per heavy atom. The number of carbonyl (C=O) groups excluding carboxylic acids is 6. The smallest absolute Gasteiger partial charge is 0.416 e. The molecule has 0 spiro atoms. The van der Waals surface area contributed by atoms with E-state index < -0.39 is 89.0 Å². The SMILES string of the molecule is CC(c1ccc(C(F)(F)F)cc1)C(NC(=O)C(CC(=O)N(CCNC(=O)OC(C)(C)C)CCNC(=O)OC(C)(C)C)NC(=O)OC(C)(C)C)C(=O)Nc1ccc2ncccc2c1. The molecule has 5 N–H and O–H groups in total. The molecular formula is C43H58F3N7O9. The zero-order valence-electron chi connectivity index (χ0n) is 36.7. The molecule has 3 aromatic rings. The fourth-order valence-corrected chi connectivity index (χ4v) is 5.75. The summed E-state index contributed by atoms with van der Waals surface area (Å²) < 4.78 is 56.3. The summed E-state index contributed by atoms with van der Waals surface area (Å²) in [5.74, 6) is -3.46. The van der Waals surface area contributed by atoms with E-state index in [0.29, 0.717) is 16.6 Å². The Bertz CT molecular complexity index is 2010. The van der Waals surface area contributed by atoms with Gasteiger partial charge in [0.2, 0.25) is 17.7 Å². The lowest BCUT2D eigenvalue weighted by atomic mass is 9.91. The van der Waals surface area contributed by atoms with Crippen LogP contribution in [0.4, 0.5) is 33.2 Å². The molecule has 3 unspecified atom stereocenters. The first-order valence-electron chi connectivity index (χ1n) is 19.9. The number of fused-ring (bicyclic) bond motifs is 1. The van der Waals surface area contributed by atoms with Gasteiger partial charge in [0, 0.05) is 49.4 Å². The highest BCUT2D eigenvalue weighted by atomic mass is 19.4. The van der Waals surface area contributed by atoms with Crippen molar-refractivity contribution in [2.75, 3.05) is 31.5 Å². The molecule has 19 heteroatoms. The second-order valence-electron chi connectivity index (χ2n) is 17.4. The van der Waals surface area contributed by atoms with Crippen LogP contribution in [-0.4, -0.2) is 101 Å². The van der Waals surface area contributed by atoms with Crippen molar-refractivity contribution in [2.24, 2.45) is 0 Å². The Kier molecular flexibility index (Phi) is 17.1. The van der Waals surface area contributed by atoms with Crippen molar-refractivity contribution in [3.8, 4) is 0 Å². The van der Waals surface area contributed by atoms with Crippen LogP contribution >= 0.6 is 0 Å². The summed E-state index contributed by atoms with van der Waals surface area (Å²) in [6, 6.07) is 9.32. The summed E-state index contributed by atoms with van der Waals surface area (Å²) in [5.41, 5.74) is -2.34. The van der Waals surface area contributed by atoms with Gasteiger partial charge in [-0.2, -0.15) is 13.2 Å². The average molecular weight is 874 g/mol. The van der Waals surface area contributed by atoms with Gasteiger partial charge in [-0.1, -0.05) is 25.1 Å². The highest BCUT2D eigenvalue weighted by molar-refractivity contribution is 6.00. The molecule has 0 radical (unpaired) electrons. The number of amides is 6. The first kappa shape index (κ1) is 50.2. The second-order valence-corrected chi connectivity index (χ2v) is 17.4. The number of anilines is 1. The van der Waals surface area contributed by atoms with E-state index in [1.54, 1.807) is 98.8 Å². The monoisotopic (exact) mass is 873 g/mol. The summed E-state index contributed by atoms with van der Waals surface area (Å²) in [7, 11) is 0. The van der Waals surface area contributed by atoms with Crippen LogP contribution in [0.1, 0.15) is 92.7 Å². The van der Waals surface area contributed by atoms with Gasteiger partial charge in [0.1, 0.15) is 28.9 Å². The minimum atomic E-state index is -4.63. The molecule has 340 valence electrons. The lowest BCUT2D eigenvalue weighted by Crippen LogP contribution is -2.56. The first-order chi connectivity index (χ1) is 28.6. The molecule has 0 fully saturated rings. The van der Waals surface area contributed by atoms with Crippen LogP contribution in [0, 0.1) is 0 Å². The first-order valence-corrected chi connectivity index (χ1v) is 19.9. The molecule has 62 heavy (non-hydrogen) atoms. The summed E-state index contributed by atoms with van der Waals surface area (Å²) in [6.07, 6.45) is -6.32. The van der Waals surface area contributed by atoms with Gasteiger partial charge in [0.15, 0.2) is 0 Å². The third-order valence-electron chi connectivity index (χ3n) is 8.55.